The highest BCUT2D eigenvalue weighted by Crippen LogP contribution is 2.29. The molecule has 1 aromatic carbocycles. The standard InChI is InChI=1S/C16H19NO5/c1-16(2,3)22-15(20)17-7-5-6-11-8-12(10-18)14(19)13(9-11)21-4/h8-10,19H,7H2,1-4H3,(H,17,20). The SMILES string of the molecule is COc1cc(C#CCNC(=O)OC(C)(C)C)cc(C=O)c1O. The fraction of sp³-hybridized carbons (Fsp3) is 0.375. The van der Waals surface area contributed by atoms with Gasteiger partial charge in [0.1, 0.15) is 5.60 Å². The molecule has 0 aliphatic rings. The number of carbonyl (C=O) groups is 2. The number of ether oxygens (including phenoxy) is 2. The quantitative estimate of drug-likeness (QED) is 0.660. The summed E-state index contributed by atoms with van der Waals surface area (Å²) in [5, 5.41) is 12.2. The average Bonchev–Trinajstić information content (AvgIpc) is 2.43. The maximum Gasteiger partial charge on any atom is 0.408 e. The topological polar surface area (TPSA) is 84.9 Å². The van der Waals surface area contributed by atoms with Gasteiger partial charge in [0.2, 0.25) is 0 Å². The first-order chi connectivity index (χ1) is 10.3. The third kappa shape index (κ3) is 5.37. The van der Waals surface area contributed by atoms with E-state index in [9.17, 15) is 14.7 Å². The summed E-state index contributed by atoms with van der Waals surface area (Å²) >= 11 is 0. The number of alkyl carbamates (subject to hydrolysis) is 1. The molecule has 118 valence electrons. The lowest BCUT2D eigenvalue weighted by Crippen LogP contribution is -2.32. The molecule has 0 saturated carbocycles. The van der Waals surface area contributed by atoms with Crippen molar-refractivity contribution in [1.29, 1.82) is 0 Å². The number of amides is 1. The van der Waals surface area contributed by atoms with E-state index in [1.54, 1.807) is 20.8 Å². The monoisotopic (exact) mass is 305 g/mol. The summed E-state index contributed by atoms with van der Waals surface area (Å²) < 4.78 is 10.0. The van der Waals surface area contributed by atoms with Crippen molar-refractivity contribution in [1.82, 2.24) is 5.32 Å². The van der Waals surface area contributed by atoms with Gasteiger partial charge in [-0.05, 0) is 32.9 Å². The van der Waals surface area contributed by atoms with Gasteiger partial charge in [-0.25, -0.2) is 4.79 Å². The van der Waals surface area contributed by atoms with Crippen molar-refractivity contribution in [2.24, 2.45) is 0 Å². The minimum atomic E-state index is -0.569. The molecular formula is C16H19NO5. The van der Waals surface area contributed by atoms with Gasteiger partial charge in [0.15, 0.2) is 17.8 Å². The predicted molar refractivity (Wildman–Crippen MR) is 81.2 cm³/mol. The van der Waals surface area contributed by atoms with Gasteiger partial charge < -0.3 is 19.9 Å². The Labute approximate surface area is 129 Å². The number of aldehydes is 1. The zero-order valence-corrected chi connectivity index (χ0v) is 13.0. The van der Waals surface area contributed by atoms with E-state index in [1.165, 1.54) is 19.2 Å². The van der Waals surface area contributed by atoms with Crippen LogP contribution in [0.1, 0.15) is 36.7 Å². The number of rotatable bonds is 3. The second kappa shape index (κ2) is 7.36. The van der Waals surface area contributed by atoms with E-state index >= 15 is 0 Å². The number of benzene rings is 1. The van der Waals surface area contributed by atoms with Crippen LogP contribution >= 0.6 is 0 Å². The Kier molecular flexibility index (Phi) is 5.81. The molecule has 0 bridgehead atoms. The number of hydrogen-bond donors (Lipinski definition) is 2. The molecule has 1 amide bonds. The number of phenolic OH excluding ortho intramolecular Hbond substituents is 1. The lowest BCUT2D eigenvalue weighted by Gasteiger charge is -2.19. The first-order valence-corrected chi connectivity index (χ1v) is 6.58. The Balaban J connectivity index is 2.73. The van der Waals surface area contributed by atoms with Gasteiger partial charge in [-0.15, -0.1) is 0 Å². The summed E-state index contributed by atoms with van der Waals surface area (Å²) in [5.41, 5.74) is 0.00670. The maximum absolute atomic E-state index is 11.4. The Bertz CT molecular complexity index is 620. The molecule has 0 aromatic heterocycles. The van der Waals surface area contributed by atoms with E-state index in [0.717, 1.165) is 0 Å². The number of methoxy groups -OCH3 is 1. The van der Waals surface area contributed by atoms with Crippen LogP contribution in [0, 0.1) is 11.8 Å². The van der Waals surface area contributed by atoms with Crippen molar-refractivity contribution < 1.29 is 24.2 Å². The molecule has 0 aliphatic heterocycles. The Morgan fingerprint density at radius 1 is 1.41 bits per heavy atom. The number of phenols is 1. The van der Waals surface area contributed by atoms with E-state index in [1.807, 2.05) is 0 Å². The molecule has 2 N–H and O–H groups in total. The van der Waals surface area contributed by atoms with Crippen LogP contribution in [0.3, 0.4) is 0 Å². The van der Waals surface area contributed by atoms with Crippen molar-refractivity contribution in [3.05, 3.63) is 23.3 Å². The summed E-state index contributed by atoms with van der Waals surface area (Å²) in [5.74, 6) is 5.43. The largest absolute Gasteiger partial charge is 0.504 e. The molecule has 6 heteroatoms. The lowest BCUT2D eigenvalue weighted by molar-refractivity contribution is 0.0535. The zero-order valence-electron chi connectivity index (χ0n) is 13.0. The highest BCUT2D eigenvalue weighted by atomic mass is 16.6. The van der Waals surface area contributed by atoms with Gasteiger partial charge in [0.25, 0.3) is 0 Å². The second-order valence-corrected chi connectivity index (χ2v) is 5.39. The van der Waals surface area contributed by atoms with Crippen molar-refractivity contribution in [3.8, 4) is 23.3 Å². The summed E-state index contributed by atoms with van der Waals surface area (Å²) in [6, 6.07) is 2.94. The van der Waals surface area contributed by atoms with E-state index in [4.69, 9.17) is 9.47 Å². The molecule has 0 heterocycles. The smallest absolute Gasteiger partial charge is 0.408 e. The highest BCUT2D eigenvalue weighted by Gasteiger charge is 2.15. The highest BCUT2D eigenvalue weighted by molar-refractivity contribution is 5.82. The van der Waals surface area contributed by atoms with Gasteiger partial charge in [0, 0.05) is 5.56 Å². The molecule has 1 rings (SSSR count). The molecule has 1 aromatic rings. The minimum Gasteiger partial charge on any atom is -0.504 e. The summed E-state index contributed by atoms with van der Waals surface area (Å²) in [6.07, 6.45) is -0.0409. The maximum atomic E-state index is 11.4. The third-order valence-electron chi connectivity index (χ3n) is 2.40. The molecule has 0 fully saturated rings. The normalized spacial score (nSPS) is 10.2. The first kappa shape index (κ1) is 17.4. The number of carbonyl (C=O) groups excluding carboxylic acids is 2. The summed E-state index contributed by atoms with van der Waals surface area (Å²) in [6.45, 7) is 5.39. The first-order valence-electron chi connectivity index (χ1n) is 6.58. The molecule has 0 unspecified atom stereocenters. The van der Waals surface area contributed by atoms with E-state index < -0.39 is 11.7 Å². The third-order valence-corrected chi connectivity index (χ3v) is 2.40. The van der Waals surface area contributed by atoms with Crippen LogP contribution in [0.5, 0.6) is 11.5 Å². The van der Waals surface area contributed by atoms with Crippen LogP contribution in [0.25, 0.3) is 0 Å². The van der Waals surface area contributed by atoms with Gasteiger partial charge in [-0.1, -0.05) is 11.8 Å². The van der Waals surface area contributed by atoms with Crippen molar-refractivity contribution >= 4 is 12.4 Å². The molecule has 0 saturated heterocycles. The van der Waals surface area contributed by atoms with Crippen molar-refractivity contribution in [3.63, 3.8) is 0 Å². The lowest BCUT2D eigenvalue weighted by atomic mass is 10.1. The Hall–Kier alpha value is -2.68. The van der Waals surface area contributed by atoms with E-state index in [-0.39, 0.29) is 23.6 Å². The van der Waals surface area contributed by atoms with E-state index in [2.05, 4.69) is 17.2 Å². The van der Waals surface area contributed by atoms with Crippen molar-refractivity contribution in [2.75, 3.05) is 13.7 Å². The summed E-state index contributed by atoms with van der Waals surface area (Å²) in [7, 11) is 1.38. The molecular weight excluding hydrogens is 286 g/mol. The van der Waals surface area contributed by atoms with E-state index in [0.29, 0.717) is 11.8 Å². The fourth-order valence-corrected chi connectivity index (χ4v) is 1.52. The predicted octanol–water partition coefficient (Wildman–Crippen LogP) is 2.09. The van der Waals surface area contributed by atoms with Gasteiger partial charge in [0.05, 0.1) is 19.2 Å². The molecule has 6 nitrogen and oxygen atoms in total. The van der Waals surface area contributed by atoms with Crippen LogP contribution in [-0.4, -0.2) is 36.7 Å². The molecule has 0 radical (unpaired) electrons. The number of aromatic hydroxyl groups is 1. The van der Waals surface area contributed by atoms with Crippen LogP contribution in [0.15, 0.2) is 12.1 Å². The van der Waals surface area contributed by atoms with Gasteiger partial charge >= 0.3 is 6.09 Å². The van der Waals surface area contributed by atoms with Crippen LogP contribution < -0.4 is 10.1 Å². The van der Waals surface area contributed by atoms with Gasteiger partial charge in [-0.2, -0.15) is 0 Å². The average molecular weight is 305 g/mol. The van der Waals surface area contributed by atoms with Crippen molar-refractivity contribution in [2.45, 2.75) is 26.4 Å². The number of nitrogens with one attached hydrogen (secondary N) is 1. The molecule has 0 atom stereocenters. The van der Waals surface area contributed by atoms with Crippen LogP contribution in [0.4, 0.5) is 4.79 Å². The Morgan fingerprint density at radius 3 is 2.64 bits per heavy atom. The number of hydrogen-bond acceptors (Lipinski definition) is 5. The molecule has 0 spiro atoms. The zero-order chi connectivity index (χ0) is 16.8. The molecule has 22 heavy (non-hydrogen) atoms. The van der Waals surface area contributed by atoms with Gasteiger partial charge in [-0.3, -0.25) is 4.79 Å². The van der Waals surface area contributed by atoms with Crippen LogP contribution in [0.2, 0.25) is 0 Å². The minimum absolute atomic E-state index is 0.0868. The molecule has 0 aliphatic carbocycles. The summed E-state index contributed by atoms with van der Waals surface area (Å²) in [4.78, 5) is 22.3. The fourth-order valence-electron chi connectivity index (χ4n) is 1.52. The second-order valence-electron chi connectivity index (χ2n) is 5.39. The Morgan fingerprint density at radius 2 is 2.09 bits per heavy atom. The van der Waals surface area contributed by atoms with Crippen LogP contribution in [-0.2, 0) is 4.74 Å².